The minimum atomic E-state index is -0.573. The summed E-state index contributed by atoms with van der Waals surface area (Å²) in [5, 5.41) is 9.75. The minimum absolute atomic E-state index is 0.235. The maximum atomic E-state index is 9.75. The summed E-state index contributed by atoms with van der Waals surface area (Å²) in [6.07, 6.45) is 18.4. The van der Waals surface area contributed by atoms with Gasteiger partial charge in [0.1, 0.15) is 6.10 Å². The SMILES string of the molecule is CCCCCCCCCCCCCCCCOC[C@@H]1OC[C@H](N)[C@@H]1O. The lowest BCUT2D eigenvalue weighted by Crippen LogP contribution is -2.38. The largest absolute Gasteiger partial charge is 0.389 e. The molecule has 0 bridgehead atoms. The van der Waals surface area contributed by atoms with Crippen LogP contribution < -0.4 is 5.73 Å². The first-order chi connectivity index (χ1) is 12.3. The van der Waals surface area contributed by atoms with Crippen LogP contribution in [0.25, 0.3) is 0 Å². The third kappa shape index (κ3) is 12.0. The van der Waals surface area contributed by atoms with Gasteiger partial charge in [-0.05, 0) is 6.42 Å². The summed E-state index contributed by atoms with van der Waals surface area (Å²) in [5.41, 5.74) is 5.70. The van der Waals surface area contributed by atoms with Crippen LogP contribution in [-0.4, -0.2) is 43.2 Å². The molecule has 0 aromatic carbocycles. The van der Waals surface area contributed by atoms with Crippen molar-refractivity contribution >= 4 is 0 Å². The summed E-state index contributed by atoms with van der Waals surface area (Å²) < 4.78 is 11.0. The first-order valence-corrected chi connectivity index (χ1v) is 10.9. The molecule has 0 radical (unpaired) electrons. The molecular formula is C21H43NO3. The van der Waals surface area contributed by atoms with Crippen LogP contribution in [-0.2, 0) is 9.47 Å². The highest BCUT2D eigenvalue weighted by atomic mass is 16.5. The van der Waals surface area contributed by atoms with Gasteiger partial charge in [-0.3, -0.25) is 0 Å². The number of unbranched alkanes of at least 4 members (excludes halogenated alkanes) is 13. The van der Waals surface area contributed by atoms with Crippen molar-refractivity contribution in [2.75, 3.05) is 19.8 Å². The van der Waals surface area contributed by atoms with Crippen molar-refractivity contribution in [2.24, 2.45) is 5.73 Å². The number of aliphatic hydroxyl groups is 1. The van der Waals surface area contributed by atoms with Gasteiger partial charge in [0.15, 0.2) is 0 Å². The molecule has 4 heteroatoms. The van der Waals surface area contributed by atoms with Crippen LogP contribution in [0.4, 0.5) is 0 Å². The van der Waals surface area contributed by atoms with E-state index in [1.54, 1.807) is 0 Å². The van der Waals surface area contributed by atoms with Gasteiger partial charge in [-0.15, -0.1) is 0 Å². The van der Waals surface area contributed by atoms with Crippen molar-refractivity contribution in [3.63, 3.8) is 0 Å². The van der Waals surface area contributed by atoms with Crippen LogP contribution in [0.5, 0.6) is 0 Å². The van der Waals surface area contributed by atoms with Crippen LogP contribution in [0.3, 0.4) is 0 Å². The van der Waals surface area contributed by atoms with E-state index < -0.39 is 6.10 Å². The standard InChI is InChI=1S/C21H43NO3/c1-2-3-4-5-6-7-8-9-10-11-12-13-14-15-16-24-18-20-21(23)19(22)17-25-20/h19-21,23H,2-18,22H2,1H3/t19-,20-,21-/m0/s1. The number of ether oxygens (including phenoxy) is 2. The average Bonchev–Trinajstić information content (AvgIpc) is 2.93. The summed E-state index contributed by atoms with van der Waals surface area (Å²) in [5.74, 6) is 0. The lowest BCUT2D eigenvalue weighted by atomic mass is 10.0. The molecule has 0 aromatic heterocycles. The molecular weight excluding hydrogens is 314 g/mol. The van der Waals surface area contributed by atoms with Crippen molar-refractivity contribution in [2.45, 2.75) is 115 Å². The van der Waals surface area contributed by atoms with Crippen molar-refractivity contribution < 1.29 is 14.6 Å². The Balaban J connectivity index is 1.71. The normalized spacial score (nSPS) is 23.4. The lowest BCUT2D eigenvalue weighted by Gasteiger charge is -2.15. The molecule has 3 N–H and O–H groups in total. The van der Waals surface area contributed by atoms with Gasteiger partial charge in [-0.2, -0.15) is 0 Å². The van der Waals surface area contributed by atoms with Gasteiger partial charge in [0, 0.05) is 6.61 Å². The van der Waals surface area contributed by atoms with E-state index in [1.807, 2.05) is 0 Å². The van der Waals surface area contributed by atoms with Crippen molar-refractivity contribution in [3.8, 4) is 0 Å². The van der Waals surface area contributed by atoms with E-state index in [9.17, 15) is 5.11 Å². The molecule has 1 aliphatic heterocycles. The number of nitrogens with two attached hydrogens (primary N) is 1. The molecule has 25 heavy (non-hydrogen) atoms. The zero-order valence-electron chi connectivity index (χ0n) is 16.6. The van der Waals surface area contributed by atoms with E-state index in [-0.39, 0.29) is 12.1 Å². The van der Waals surface area contributed by atoms with Crippen LogP contribution >= 0.6 is 0 Å². The number of rotatable bonds is 17. The summed E-state index contributed by atoms with van der Waals surface area (Å²) in [6.45, 7) is 3.95. The molecule has 1 aliphatic rings. The Hall–Kier alpha value is -0.160. The molecule has 4 nitrogen and oxygen atoms in total. The highest BCUT2D eigenvalue weighted by Gasteiger charge is 2.33. The van der Waals surface area contributed by atoms with Gasteiger partial charge in [-0.25, -0.2) is 0 Å². The number of hydrogen-bond donors (Lipinski definition) is 2. The highest BCUT2D eigenvalue weighted by Crippen LogP contribution is 2.14. The Morgan fingerprint density at radius 3 is 1.76 bits per heavy atom. The average molecular weight is 358 g/mol. The minimum Gasteiger partial charge on any atom is -0.389 e. The fraction of sp³-hybridized carbons (Fsp3) is 1.00. The van der Waals surface area contributed by atoms with Crippen LogP contribution in [0.15, 0.2) is 0 Å². The molecule has 1 heterocycles. The van der Waals surface area contributed by atoms with E-state index in [0.29, 0.717) is 13.2 Å². The smallest absolute Gasteiger partial charge is 0.108 e. The zero-order valence-corrected chi connectivity index (χ0v) is 16.6. The summed E-state index contributed by atoms with van der Waals surface area (Å²) in [4.78, 5) is 0. The third-order valence-corrected chi connectivity index (χ3v) is 5.25. The van der Waals surface area contributed by atoms with Gasteiger partial charge >= 0.3 is 0 Å². The molecule has 3 atom stereocenters. The predicted octanol–water partition coefficient (Wildman–Crippen LogP) is 4.57. The summed E-state index contributed by atoms with van der Waals surface area (Å²) in [7, 11) is 0. The van der Waals surface area contributed by atoms with Crippen molar-refractivity contribution in [3.05, 3.63) is 0 Å². The second kappa shape index (κ2) is 16.0. The second-order valence-corrected chi connectivity index (χ2v) is 7.70. The van der Waals surface area contributed by atoms with Crippen molar-refractivity contribution in [1.82, 2.24) is 0 Å². The quantitative estimate of drug-likeness (QED) is 0.374. The molecule has 150 valence electrons. The van der Waals surface area contributed by atoms with Gasteiger partial charge in [0.05, 0.1) is 25.4 Å². The highest BCUT2D eigenvalue weighted by molar-refractivity contribution is 4.85. The molecule has 0 saturated carbocycles. The topological polar surface area (TPSA) is 64.7 Å². The lowest BCUT2D eigenvalue weighted by molar-refractivity contribution is -0.0251. The monoisotopic (exact) mass is 357 g/mol. The molecule has 1 fully saturated rings. The van der Waals surface area contributed by atoms with Gasteiger partial charge in [0.2, 0.25) is 0 Å². The van der Waals surface area contributed by atoms with Crippen molar-refractivity contribution in [1.29, 1.82) is 0 Å². The predicted molar refractivity (Wildman–Crippen MR) is 105 cm³/mol. The molecule has 0 amide bonds. The molecule has 0 aromatic rings. The fourth-order valence-corrected chi connectivity index (χ4v) is 3.45. The summed E-state index contributed by atoms with van der Waals surface area (Å²) in [6, 6.07) is -0.255. The van der Waals surface area contributed by atoms with Gasteiger partial charge < -0.3 is 20.3 Å². The number of aliphatic hydroxyl groups excluding tert-OH is 1. The Morgan fingerprint density at radius 1 is 0.840 bits per heavy atom. The fourth-order valence-electron chi connectivity index (χ4n) is 3.45. The van der Waals surface area contributed by atoms with E-state index >= 15 is 0 Å². The van der Waals surface area contributed by atoms with Crippen LogP contribution in [0, 0.1) is 0 Å². The summed E-state index contributed by atoms with van der Waals surface area (Å²) >= 11 is 0. The molecule has 0 aliphatic carbocycles. The number of hydrogen-bond acceptors (Lipinski definition) is 4. The molecule has 0 spiro atoms. The Labute approximate surface area is 155 Å². The Morgan fingerprint density at radius 2 is 1.32 bits per heavy atom. The van der Waals surface area contributed by atoms with E-state index in [2.05, 4.69) is 6.92 Å². The van der Waals surface area contributed by atoms with E-state index in [1.165, 1.54) is 83.5 Å². The Bertz CT molecular complexity index is 288. The maximum absolute atomic E-state index is 9.75. The molecule has 0 unspecified atom stereocenters. The van der Waals surface area contributed by atoms with Crippen LogP contribution in [0.1, 0.15) is 96.8 Å². The third-order valence-electron chi connectivity index (χ3n) is 5.25. The second-order valence-electron chi connectivity index (χ2n) is 7.70. The first-order valence-electron chi connectivity index (χ1n) is 10.9. The van der Waals surface area contributed by atoms with Gasteiger partial charge in [-0.1, -0.05) is 90.4 Å². The zero-order chi connectivity index (χ0) is 18.2. The maximum Gasteiger partial charge on any atom is 0.108 e. The van der Waals surface area contributed by atoms with Gasteiger partial charge in [0.25, 0.3) is 0 Å². The Kier molecular flexibility index (Phi) is 14.7. The van der Waals surface area contributed by atoms with E-state index in [4.69, 9.17) is 15.2 Å². The molecule has 1 saturated heterocycles. The molecule has 1 rings (SSSR count). The first kappa shape index (κ1) is 22.9. The van der Waals surface area contributed by atoms with E-state index in [0.717, 1.165) is 13.0 Å². The van der Waals surface area contributed by atoms with Crippen LogP contribution in [0.2, 0.25) is 0 Å².